The van der Waals surface area contributed by atoms with Gasteiger partial charge in [0.05, 0.1) is 17.8 Å². The highest BCUT2D eigenvalue weighted by Gasteiger charge is 2.20. The van der Waals surface area contributed by atoms with Gasteiger partial charge in [-0.25, -0.2) is 4.79 Å². The van der Waals surface area contributed by atoms with E-state index >= 15 is 0 Å². The lowest BCUT2D eigenvalue weighted by Gasteiger charge is -2.29. The number of anilines is 1. The maximum Gasteiger partial charge on any atom is 0.337 e. The lowest BCUT2D eigenvalue weighted by molar-refractivity contribution is -0.116. The van der Waals surface area contributed by atoms with Gasteiger partial charge in [-0.2, -0.15) is 0 Å². The minimum Gasteiger partial charge on any atom is -0.478 e. The Balaban J connectivity index is 3.29. The lowest BCUT2D eigenvalue weighted by atomic mass is 10.1. The highest BCUT2D eigenvalue weighted by Crippen LogP contribution is 2.26. The average molecular weight is 315 g/mol. The Labute approximate surface area is 114 Å². The molecule has 0 atom stereocenters. The van der Waals surface area contributed by atoms with Gasteiger partial charge in [-0.3, -0.25) is 4.79 Å². The van der Waals surface area contributed by atoms with Crippen LogP contribution in [0.1, 0.15) is 24.2 Å². The molecule has 0 saturated carbocycles. The average Bonchev–Trinajstić information content (AvgIpc) is 2.24. The second-order valence-corrected chi connectivity index (χ2v) is 5.07. The van der Waals surface area contributed by atoms with Crippen molar-refractivity contribution in [1.29, 1.82) is 0 Å². The predicted molar refractivity (Wildman–Crippen MR) is 72.8 cm³/mol. The zero-order valence-electron chi connectivity index (χ0n) is 10.2. The molecule has 0 aliphatic rings. The summed E-state index contributed by atoms with van der Waals surface area (Å²) >= 11 is 3.29. The van der Waals surface area contributed by atoms with Gasteiger partial charge < -0.3 is 15.7 Å². The summed E-state index contributed by atoms with van der Waals surface area (Å²) in [6.45, 7) is 3.72. The molecule has 1 amide bonds. The van der Waals surface area contributed by atoms with Crippen molar-refractivity contribution < 1.29 is 14.7 Å². The van der Waals surface area contributed by atoms with E-state index in [9.17, 15) is 9.59 Å². The van der Waals surface area contributed by atoms with Crippen LogP contribution in [0.15, 0.2) is 22.7 Å². The SMILES string of the molecule is CC(C)N(CC(N)=O)c1cc(Br)ccc1C(=O)O. The van der Waals surface area contributed by atoms with Gasteiger partial charge in [0.25, 0.3) is 0 Å². The van der Waals surface area contributed by atoms with Crippen molar-refractivity contribution in [2.45, 2.75) is 19.9 Å². The number of hydrogen-bond acceptors (Lipinski definition) is 3. The van der Waals surface area contributed by atoms with E-state index in [1.54, 1.807) is 17.0 Å². The molecule has 0 fully saturated rings. The molecule has 1 aromatic rings. The number of benzene rings is 1. The smallest absolute Gasteiger partial charge is 0.337 e. The van der Waals surface area contributed by atoms with Gasteiger partial charge in [0, 0.05) is 10.5 Å². The van der Waals surface area contributed by atoms with Crippen LogP contribution < -0.4 is 10.6 Å². The first-order chi connectivity index (χ1) is 8.32. The maximum absolute atomic E-state index is 11.2. The topological polar surface area (TPSA) is 83.6 Å². The molecule has 0 saturated heterocycles. The van der Waals surface area contributed by atoms with Crippen molar-refractivity contribution in [2.24, 2.45) is 5.73 Å². The molecule has 0 aromatic heterocycles. The first kappa shape index (κ1) is 14.5. The van der Waals surface area contributed by atoms with Crippen molar-refractivity contribution in [3.63, 3.8) is 0 Å². The molecule has 0 radical (unpaired) electrons. The third-order valence-corrected chi connectivity index (χ3v) is 2.94. The van der Waals surface area contributed by atoms with Crippen LogP contribution in [0.5, 0.6) is 0 Å². The minimum absolute atomic E-state index is 0.0194. The highest BCUT2D eigenvalue weighted by molar-refractivity contribution is 9.10. The largest absolute Gasteiger partial charge is 0.478 e. The van der Waals surface area contributed by atoms with Crippen LogP contribution in [-0.4, -0.2) is 29.6 Å². The van der Waals surface area contributed by atoms with Gasteiger partial charge in [0.15, 0.2) is 0 Å². The number of nitrogens with zero attached hydrogens (tertiary/aromatic N) is 1. The number of nitrogens with two attached hydrogens (primary N) is 1. The molecule has 6 heteroatoms. The van der Waals surface area contributed by atoms with Gasteiger partial charge in [-0.15, -0.1) is 0 Å². The normalized spacial score (nSPS) is 10.4. The second-order valence-electron chi connectivity index (χ2n) is 4.15. The minimum atomic E-state index is -1.03. The quantitative estimate of drug-likeness (QED) is 0.868. The Kier molecular flexibility index (Phi) is 4.72. The number of aromatic carboxylic acids is 1. The van der Waals surface area contributed by atoms with Crippen LogP contribution in [-0.2, 0) is 4.79 Å². The molecule has 5 nitrogen and oxygen atoms in total. The molecular weight excluding hydrogens is 300 g/mol. The van der Waals surface area contributed by atoms with Crippen LogP contribution >= 0.6 is 15.9 Å². The van der Waals surface area contributed by atoms with Gasteiger partial charge in [0.2, 0.25) is 5.91 Å². The molecule has 0 aliphatic carbocycles. The van der Waals surface area contributed by atoms with E-state index in [1.807, 2.05) is 13.8 Å². The molecule has 0 bridgehead atoms. The molecule has 98 valence electrons. The van der Waals surface area contributed by atoms with E-state index in [-0.39, 0.29) is 18.2 Å². The van der Waals surface area contributed by atoms with E-state index in [0.29, 0.717) is 5.69 Å². The standard InChI is InChI=1S/C12H15BrN2O3/c1-7(2)15(6-11(14)16)10-5-8(13)3-4-9(10)12(17)18/h3-5,7H,6H2,1-2H3,(H2,14,16)(H,17,18). The van der Waals surface area contributed by atoms with Gasteiger partial charge in [0.1, 0.15) is 0 Å². The van der Waals surface area contributed by atoms with Crippen LogP contribution in [0.4, 0.5) is 5.69 Å². The van der Waals surface area contributed by atoms with E-state index < -0.39 is 11.9 Å². The van der Waals surface area contributed by atoms with E-state index in [2.05, 4.69) is 15.9 Å². The van der Waals surface area contributed by atoms with E-state index in [1.165, 1.54) is 6.07 Å². The summed E-state index contributed by atoms with van der Waals surface area (Å²) in [6.07, 6.45) is 0. The Hall–Kier alpha value is -1.56. The molecule has 0 spiro atoms. The summed E-state index contributed by atoms with van der Waals surface area (Å²) in [5.41, 5.74) is 5.82. The molecule has 1 aromatic carbocycles. The summed E-state index contributed by atoms with van der Waals surface area (Å²) in [6, 6.07) is 4.78. The first-order valence-corrected chi connectivity index (χ1v) is 6.20. The monoisotopic (exact) mass is 314 g/mol. The number of rotatable bonds is 5. The summed E-state index contributed by atoms with van der Waals surface area (Å²) in [5.74, 6) is -1.53. The fourth-order valence-electron chi connectivity index (χ4n) is 1.64. The number of carboxylic acid groups (broad SMARTS) is 1. The summed E-state index contributed by atoms with van der Waals surface area (Å²) < 4.78 is 0.748. The number of carboxylic acids is 1. The Morgan fingerprint density at radius 2 is 2.06 bits per heavy atom. The molecule has 18 heavy (non-hydrogen) atoms. The van der Waals surface area contributed by atoms with Crippen LogP contribution in [0.2, 0.25) is 0 Å². The van der Waals surface area contributed by atoms with Crippen LogP contribution in [0.25, 0.3) is 0 Å². The van der Waals surface area contributed by atoms with E-state index in [0.717, 1.165) is 4.47 Å². The second kappa shape index (κ2) is 5.86. The van der Waals surface area contributed by atoms with Crippen molar-refractivity contribution in [3.8, 4) is 0 Å². The summed E-state index contributed by atoms with van der Waals surface area (Å²) in [5, 5.41) is 9.16. The van der Waals surface area contributed by atoms with Crippen molar-refractivity contribution >= 4 is 33.5 Å². The highest BCUT2D eigenvalue weighted by atomic mass is 79.9. The van der Waals surface area contributed by atoms with Crippen molar-refractivity contribution in [1.82, 2.24) is 0 Å². The third-order valence-electron chi connectivity index (χ3n) is 2.45. The van der Waals surface area contributed by atoms with Gasteiger partial charge >= 0.3 is 5.97 Å². The Morgan fingerprint density at radius 1 is 1.44 bits per heavy atom. The Morgan fingerprint density at radius 3 is 2.50 bits per heavy atom. The fraction of sp³-hybridized carbons (Fsp3) is 0.333. The Bertz CT molecular complexity index is 474. The predicted octanol–water partition coefficient (Wildman–Crippen LogP) is 1.85. The molecule has 0 aliphatic heterocycles. The van der Waals surface area contributed by atoms with Gasteiger partial charge in [-0.05, 0) is 32.0 Å². The zero-order valence-corrected chi connectivity index (χ0v) is 11.8. The molecule has 0 heterocycles. The first-order valence-electron chi connectivity index (χ1n) is 5.40. The van der Waals surface area contributed by atoms with E-state index in [4.69, 9.17) is 10.8 Å². The number of primary amides is 1. The third kappa shape index (κ3) is 3.46. The lowest BCUT2D eigenvalue weighted by Crippen LogP contribution is -2.39. The molecule has 1 rings (SSSR count). The fourth-order valence-corrected chi connectivity index (χ4v) is 1.99. The van der Waals surface area contributed by atoms with Crippen molar-refractivity contribution in [2.75, 3.05) is 11.4 Å². The number of carbonyl (C=O) groups excluding carboxylic acids is 1. The molecule has 0 unspecified atom stereocenters. The van der Waals surface area contributed by atoms with Crippen LogP contribution in [0.3, 0.4) is 0 Å². The molecular formula is C12H15BrN2O3. The maximum atomic E-state index is 11.2. The van der Waals surface area contributed by atoms with Crippen molar-refractivity contribution in [3.05, 3.63) is 28.2 Å². The number of halogens is 1. The van der Waals surface area contributed by atoms with Crippen LogP contribution in [0, 0.1) is 0 Å². The number of amides is 1. The van der Waals surface area contributed by atoms with Gasteiger partial charge in [-0.1, -0.05) is 15.9 Å². The summed E-state index contributed by atoms with van der Waals surface area (Å²) in [4.78, 5) is 23.9. The zero-order chi connectivity index (χ0) is 13.9. The number of hydrogen-bond donors (Lipinski definition) is 2. The summed E-state index contributed by atoms with van der Waals surface area (Å²) in [7, 11) is 0. The number of carbonyl (C=O) groups is 2. The molecule has 3 N–H and O–H groups in total.